The van der Waals surface area contributed by atoms with Gasteiger partial charge in [-0.25, -0.2) is 4.79 Å². The SMILES string of the molecule is Cc1cc(=O)oc2cc(NC(=O)[C@H](CC(=O)OCc3ccccc3)NC(=O)[C@H](C)NC(=O)[C@@H](N)C(C)C)ccc12. The molecule has 3 amide bonds. The maximum absolute atomic E-state index is 13.2. The molecular weight excluding hydrogens is 516 g/mol. The second kappa shape index (κ2) is 13.5. The zero-order valence-electron chi connectivity index (χ0n) is 22.9. The summed E-state index contributed by atoms with van der Waals surface area (Å²) in [4.78, 5) is 62.9. The smallest absolute Gasteiger partial charge is 0.336 e. The van der Waals surface area contributed by atoms with E-state index in [9.17, 15) is 24.0 Å². The zero-order chi connectivity index (χ0) is 29.4. The Balaban J connectivity index is 1.75. The lowest BCUT2D eigenvalue weighted by atomic mass is 10.0. The van der Waals surface area contributed by atoms with E-state index >= 15 is 0 Å². The summed E-state index contributed by atoms with van der Waals surface area (Å²) in [5, 5.41) is 8.36. The highest BCUT2D eigenvalue weighted by molar-refractivity contribution is 6.01. The molecule has 3 atom stereocenters. The number of benzene rings is 2. The molecule has 0 aliphatic heterocycles. The number of nitrogens with two attached hydrogens (primary N) is 1. The van der Waals surface area contributed by atoms with Gasteiger partial charge in [0.25, 0.3) is 0 Å². The summed E-state index contributed by atoms with van der Waals surface area (Å²) in [5.41, 5.74) is 7.34. The molecule has 0 unspecified atom stereocenters. The molecule has 0 aliphatic carbocycles. The number of nitrogens with one attached hydrogen (secondary N) is 3. The third kappa shape index (κ3) is 8.24. The van der Waals surface area contributed by atoms with Crippen LogP contribution < -0.4 is 27.3 Å². The van der Waals surface area contributed by atoms with Crippen molar-refractivity contribution in [3.05, 3.63) is 76.1 Å². The standard InChI is InChI=1S/C29H34N4O7/c1-16(2)26(30)29(38)31-18(4)27(36)33-22(14-24(34)39-15-19-8-6-5-7-9-19)28(37)32-20-10-11-21-17(3)12-25(35)40-23(21)13-20/h5-13,16,18,22,26H,14-15,30H2,1-4H3,(H,31,38)(H,32,37)(H,33,36)/t18-,22-,26-/m0/s1. The van der Waals surface area contributed by atoms with Crippen LogP contribution in [0.15, 0.2) is 63.8 Å². The van der Waals surface area contributed by atoms with E-state index in [0.29, 0.717) is 10.9 Å². The van der Waals surface area contributed by atoms with Gasteiger partial charge in [0.2, 0.25) is 17.7 Å². The number of fused-ring (bicyclic) bond motifs is 1. The molecule has 0 aliphatic rings. The Labute approximate surface area is 231 Å². The van der Waals surface area contributed by atoms with Crippen LogP contribution in [0.4, 0.5) is 5.69 Å². The second-order valence-corrected chi connectivity index (χ2v) is 9.86. The van der Waals surface area contributed by atoms with Gasteiger partial charge in [-0.2, -0.15) is 0 Å². The Morgan fingerprint density at radius 3 is 2.30 bits per heavy atom. The first-order chi connectivity index (χ1) is 18.9. The van der Waals surface area contributed by atoms with Crippen LogP contribution in [0, 0.1) is 12.8 Å². The molecule has 0 radical (unpaired) electrons. The normalized spacial score (nSPS) is 13.2. The molecule has 3 aromatic rings. The van der Waals surface area contributed by atoms with Crippen LogP contribution >= 0.6 is 0 Å². The first-order valence-electron chi connectivity index (χ1n) is 12.9. The van der Waals surface area contributed by atoms with Gasteiger partial charge in [-0.05, 0) is 43.0 Å². The van der Waals surface area contributed by atoms with Crippen LogP contribution in [0.25, 0.3) is 11.0 Å². The molecule has 5 N–H and O–H groups in total. The topological polar surface area (TPSA) is 170 Å². The minimum absolute atomic E-state index is 0.00936. The summed E-state index contributed by atoms with van der Waals surface area (Å²) in [5.74, 6) is -2.79. The van der Waals surface area contributed by atoms with Crippen LogP contribution in [0.1, 0.15) is 38.3 Å². The number of amides is 3. The van der Waals surface area contributed by atoms with Crippen molar-refractivity contribution >= 4 is 40.3 Å². The monoisotopic (exact) mass is 550 g/mol. The molecule has 0 saturated heterocycles. The van der Waals surface area contributed by atoms with Crippen LogP contribution in [0.2, 0.25) is 0 Å². The third-order valence-corrected chi connectivity index (χ3v) is 6.24. The highest BCUT2D eigenvalue weighted by Gasteiger charge is 2.29. The summed E-state index contributed by atoms with van der Waals surface area (Å²) in [6.45, 7) is 6.74. The van der Waals surface area contributed by atoms with Gasteiger partial charge in [-0.3, -0.25) is 19.2 Å². The van der Waals surface area contributed by atoms with E-state index < -0.39 is 53.9 Å². The van der Waals surface area contributed by atoms with Crippen molar-refractivity contribution < 1.29 is 28.3 Å². The average Bonchev–Trinajstić information content (AvgIpc) is 2.91. The summed E-state index contributed by atoms with van der Waals surface area (Å²) < 4.78 is 10.5. The van der Waals surface area contributed by atoms with Gasteiger partial charge in [0.15, 0.2) is 0 Å². The molecule has 0 spiro atoms. The number of carbonyl (C=O) groups excluding carboxylic acids is 4. The van der Waals surface area contributed by atoms with Crippen LogP contribution in [0.5, 0.6) is 0 Å². The maximum atomic E-state index is 13.2. The van der Waals surface area contributed by atoms with E-state index in [1.165, 1.54) is 19.1 Å². The highest BCUT2D eigenvalue weighted by Crippen LogP contribution is 2.21. The molecule has 40 heavy (non-hydrogen) atoms. The zero-order valence-corrected chi connectivity index (χ0v) is 22.9. The number of carbonyl (C=O) groups is 4. The number of esters is 1. The second-order valence-electron chi connectivity index (χ2n) is 9.86. The van der Waals surface area contributed by atoms with E-state index in [4.69, 9.17) is 14.9 Å². The fraction of sp³-hybridized carbons (Fsp3) is 0.345. The molecule has 2 aromatic carbocycles. The van der Waals surface area contributed by atoms with Gasteiger partial charge in [0.05, 0.1) is 12.5 Å². The first kappa shape index (κ1) is 30.0. The lowest BCUT2D eigenvalue weighted by Gasteiger charge is -2.22. The van der Waals surface area contributed by atoms with Gasteiger partial charge in [-0.1, -0.05) is 44.2 Å². The van der Waals surface area contributed by atoms with E-state index in [-0.39, 0.29) is 23.8 Å². The largest absolute Gasteiger partial charge is 0.461 e. The van der Waals surface area contributed by atoms with Crippen molar-refractivity contribution in [2.45, 2.75) is 58.8 Å². The predicted octanol–water partition coefficient (Wildman–Crippen LogP) is 2.15. The van der Waals surface area contributed by atoms with Crippen LogP contribution in [-0.4, -0.2) is 41.8 Å². The summed E-state index contributed by atoms with van der Waals surface area (Å²) in [7, 11) is 0. The molecule has 11 heteroatoms. The van der Waals surface area contributed by atoms with Crippen molar-refractivity contribution in [1.82, 2.24) is 10.6 Å². The van der Waals surface area contributed by atoms with Crippen molar-refractivity contribution in [1.29, 1.82) is 0 Å². The molecule has 1 heterocycles. The molecule has 1 aromatic heterocycles. The van der Waals surface area contributed by atoms with Gasteiger partial charge in [-0.15, -0.1) is 0 Å². The lowest BCUT2D eigenvalue weighted by Crippen LogP contribution is -2.55. The number of hydrogen-bond donors (Lipinski definition) is 4. The highest BCUT2D eigenvalue weighted by atomic mass is 16.5. The first-order valence-corrected chi connectivity index (χ1v) is 12.9. The Morgan fingerprint density at radius 1 is 0.925 bits per heavy atom. The Bertz CT molecular complexity index is 1440. The lowest BCUT2D eigenvalue weighted by molar-refractivity contribution is -0.147. The van der Waals surface area contributed by atoms with E-state index in [1.807, 2.05) is 6.07 Å². The fourth-order valence-corrected chi connectivity index (χ4v) is 3.78. The number of aryl methyl sites for hydroxylation is 1. The third-order valence-electron chi connectivity index (χ3n) is 6.24. The number of hydrogen-bond acceptors (Lipinski definition) is 8. The number of rotatable bonds is 11. The predicted molar refractivity (Wildman–Crippen MR) is 149 cm³/mol. The van der Waals surface area contributed by atoms with Crippen molar-refractivity contribution in [2.75, 3.05) is 5.32 Å². The fourth-order valence-electron chi connectivity index (χ4n) is 3.78. The molecule has 0 saturated carbocycles. The summed E-state index contributed by atoms with van der Waals surface area (Å²) in [6, 6.07) is 11.9. The molecule has 11 nitrogen and oxygen atoms in total. The molecule has 212 valence electrons. The van der Waals surface area contributed by atoms with Crippen molar-refractivity contribution in [3.8, 4) is 0 Å². The van der Waals surface area contributed by atoms with E-state index in [0.717, 1.165) is 5.56 Å². The van der Waals surface area contributed by atoms with Crippen molar-refractivity contribution in [2.24, 2.45) is 11.7 Å². The Kier molecular flexibility index (Phi) is 10.2. The van der Waals surface area contributed by atoms with Crippen LogP contribution in [0.3, 0.4) is 0 Å². The minimum atomic E-state index is -1.34. The maximum Gasteiger partial charge on any atom is 0.336 e. The molecule has 3 rings (SSSR count). The van der Waals surface area contributed by atoms with E-state index in [2.05, 4.69) is 16.0 Å². The number of ether oxygens (including phenoxy) is 1. The Hall–Kier alpha value is -4.51. The Morgan fingerprint density at radius 2 is 1.62 bits per heavy atom. The molecular formula is C29H34N4O7. The van der Waals surface area contributed by atoms with Gasteiger partial charge < -0.3 is 30.8 Å². The van der Waals surface area contributed by atoms with Crippen LogP contribution in [-0.2, 0) is 30.5 Å². The molecule has 0 bridgehead atoms. The summed E-state index contributed by atoms with van der Waals surface area (Å²) >= 11 is 0. The van der Waals surface area contributed by atoms with Gasteiger partial charge in [0, 0.05) is 23.2 Å². The minimum Gasteiger partial charge on any atom is -0.461 e. The summed E-state index contributed by atoms with van der Waals surface area (Å²) in [6.07, 6.45) is -0.474. The van der Waals surface area contributed by atoms with Gasteiger partial charge >= 0.3 is 11.6 Å². The molecule has 0 fully saturated rings. The quantitative estimate of drug-likeness (QED) is 0.208. The van der Waals surface area contributed by atoms with E-state index in [1.54, 1.807) is 57.2 Å². The van der Waals surface area contributed by atoms with Gasteiger partial charge in [0.1, 0.15) is 24.3 Å². The number of anilines is 1. The average molecular weight is 551 g/mol. The van der Waals surface area contributed by atoms with Crippen molar-refractivity contribution in [3.63, 3.8) is 0 Å².